The topological polar surface area (TPSA) is 48.3 Å². The zero-order valence-corrected chi connectivity index (χ0v) is 14.8. The van der Waals surface area contributed by atoms with Gasteiger partial charge in [-0.05, 0) is 43.7 Å². The smallest absolute Gasteiger partial charge is 0.151 e. The van der Waals surface area contributed by atoms with E-state index in [4.69, 9.17) is 14.6 Å². The number of fused-ring (bicyclic) bond motifs is 3. The Morgan fingerprint density at radius 3 is 2.64 bits per heavy atom. The quantitative estimate of drug-likeness (QED) is 0.781. The molecule has 1 N–H and O–H groups in total. The largest absolute Gasteiger partial charge is 0.497 e. The summed E-state index contributed by atoms with van der Waals surface area (Å²) in [5.74, 6) is 1.59. The van der Waals surface area contributed by atoms with Gasteiger partial charge in [0.1, 0.15) is 11.5 Å². The molecule has 0 spiro atoms. The van der Waals surface area contributed by atoms with Gasteiger partial charge in [-0.2, -0.15) is 5.10 Å². The highest BCUT2D eigenvalue weighted by Gasteiger charge is 2.29. The van der Waals surface area contributed by atoms with Crippen LogP contribution in [0.15, 0.2) is 42.5 Å². The average molecular weight is 335 g/mol. The predicted molar refractivity (Wildman–Crippen MR) is 98.4 cm³/mol. The first kappa shape index (κ1) is 15.6. The number of rotatable bonds is 3. The van der Waals surface area contributed by atoms with Gasteiger partial charge in [0.25, 0.3) is 0 Å². The molecule has 128 valence electrons. The van der Waals surface area contributed by atoms with Crippen molar-refractivity contribution >= 4 is 5.69 Å². The van der Waals surface area contributed by atoms with Crippen LogP contribution in [0.2, 0.25) is 0 Å². The fourth-order valence-corrected chi connectivity index (χ4v) is 3.45. The minimum absolute atomic E-state index is 0.164. The summed E-state index contributed by atoms with van der Waals surface area (Å²) < 4.78 is 13.0. The van der Waals surface area contributed by atoms with Crippen molar-refractivity contribution in [3.05, 3.63) is 59.3 Å². The third-order valence-corrected chi connectivity index (χ3v) is 4.66. The number of anilines is 1. The van der Waals surface area contributed by atoms with Crippen LogP contribution in [0.1, 0.15) is 23.0 Å². The van der Waals surface area contributed by atoms with Gasteiger partial charge in [0.15, 0.2) is 6.17 Å². The first-order valence-electron chi connectivity index (χ1n) is 8.27. The fourth-order valence-electron chi connectivity index (χ4n) is 3.45. The van der Waals surface area contributed by atoms with Gasteiger partial charge < -0.3 is 14.8 Å². The van der Waals surface area contributed by atoms with E-state index < -0.39 is 0 Å². The Morgan fingerprint density at radius 1 is 1.04 bits per heavy atom. The van der Waals surface area contributed by atoms with Crippen LogP contribution in [0.3, 0.4) is 0 Å². The molecule has 3 aromatic rings. The summed E-state index contributed by atoms with van der Waals surface area (Å²) in [4.78, 5) is 0. The number of hydrogen-bond donors (Lipinski definition) is 1. The lowest BCUT2D eigenvalue weighted by Crippen LogP contribution is -2.26. The Labute approximate surface area is 147 Å². The molecule has 1 atom stereocenters. The molecule has 0 amide bonds. The van der Waals surface area contributed by atoms with Crippen molar-refractivity contribution in [3.8, 4) is 22.8 Å². The molecule has 2 aromatic carbocycles. The van der Waals surface area contributed by atoms with E-state index in [0.717, 1.165) is 34.1 Å². The predicted octanol–water partition coefficient (Wildman–Crippen LogP) is 4.16. The monoisotopic (exact) mass is 335 g/mol. The summed E-state index contributed by atoms with van der Waals surface area (Å²) in [6, 6.07) is 14.3. The van der Waals surface area contributed by atoms with Gasteiger partial charge in [0, 0.05) is 16.8 Å². The molecular weight excluding hydrogens is 314 g/mol. The molecule has 5 heteroatoms. The summed E-state index contributed by atoms with van der Waals surface area (Å²) in [5, 5.41) is 8.37. The zero-order chi connectivity index (χ0) is 17.6. The molecule has 4 rings (SSSR count). The highest BCUT2D eigenvalue weighted by Crippen LogP contribution is 2.42. The van der Waals surface area contributed by atoms with Crippen LogP contribution in [0, 0.1) is 13.8 Å². The number of hydrogen-bond acceptors (Lipinski definition) is 4. The summed E-state index contributed by atoms with van der Waals surface area (Å²) in [6.45, 7) is 4.13. The lowest BCUT2D eigenvalue weighted by Gasteiger charge is -2.31. The van der Waals surface area contributed by atoms with Crippen molar-refractivity contribution in [2.75, 3.05) is 19.5 Å². The SMILES string of the molecule is COc1ccc(OC)c([C@@H]2Nc3c(C)cccc3-c3cc(C)nn32)c1. The number of benzene rings is 2. The maximum atomic E-state index is 5.60. The van der Waals surface area contributed by atoms with Crippen molar-refractivity contribution in [2.24, 2.45) is 0 Å². The molecule has 25 heavy (non-hydrogen) atoms. The maximum absolute atomic E-state index is 5.60. The van der Waals surface area contributed by atoms with Gasteiger partial charge in [0.2, 0.25) is 0 Å². The average Bonchev–Trinajstić information content (AvgIpc) is 3.02. The van der Waals surface area contributed by atoms with Gasteiger partial charge in [-0.3, -0.25) is 0 Å². The second-order valence-corrected chi connectivity index (χ2v) is 6.27. The first-order valence-corrected chi connectivity index (χ1v) is 8.27. The van der Waals surface area contributed by atoms with E-state index in [0.29, 0.717) is 0 Å². The van der Waals surface area contributed by atoms with Crippen LogP contribution >= 0.6 is 0 Å². The molecule has 0 fully saturated rings. The van der Waals surface area contributed by atoms with Crippen LogP contribution in [0.25, 0.3) is 11.3 Å². The van der Waals surface area contributed by atoms with Crippen LogP contribution in [0.4, 0.5) is 5.69 Å². The van der Waals surface area contributed by atoms with E-state index >= 15 is 0 Å². The third kappa shape index (κ3) is 2.43. The molecule has 0 radical (unpaired) electrons. The Balaban J connectivity index is 1.94. The lowest BCUT2D eigenvalue weighted by molar-refractivity contribution is 0.391. The number of aromatic nitrogens is 2. The van der Waals surface area contributed by atoms with Crippen molar-refractivity contribution in [1.29, 1.82) is 0 Å². The standard InChI is InChI=1S/C20H21N3O2/c1-12-6-5-7-15-17-10-13(2)22-23(17)20(21-19(12)15)16-11-14(24-3)8-9-18(16)25-4/h5-11,20-21H,1-4H3/t20-/m1/s1. The van der Waals surface area contributed by atoms with Crippen LogP contribution in [-0.4, -0.2) is 24.0 Å². The lowest BCUT2D eigenvalue weighted by atomic mass is 10.00. The fraction of sp³-hybridized carbons (Fsp3) is 0.250. The van der Waals surface area contributed by atoms with Gasteiger partial charge in [0.05, 0.1) is 25.6 Å². The second-order valence-electron chi connectivity index (χ2n) is 6.27. The van der Waals surface area contributed by atoms with Crippen molar-refractivity contribution in [1.82, 2.24) is 9.78 Å². The van der Waals surface area contributed by atoms with Crippen molar-refractivity contribution in [3.63, 3.8) is 0 Å². The number of ether oxygens (including phenoxy) is 2. The number of nitrogens with zero attached hydrogens (tertiary/aromatic N) is 2. The van der Waals surface area contributed by atoms with E-state index in [1.54, 1.807) is 14.2 Å². The maximum Gasteiger partial charge on any atom is 0.151 e. The first-order chi connectivity index (χ1) is 12.1. The Hall–Kier alpha value is -2.95. The summed E-state index contributed by atoms with van der Waals surface area (Å²) in [7, 11) is 3.35. The van der Waals surface area contributed by atoms with Gasteiger partial charge in [-0.15, -0.1) is 0 Å². The minimum atomic E-state index is -0.164. The molecule has 1 aliphatic rings. The van der Waals surface area contributed by atoms with Crippen molar-refractivity contribution in [2.45, 2.75) is 20.0 Å². The minimum Gasteiger partial charge on any atom is -0.497 e. The number of aryl methyl sites for hydroxylation is 2. The highest BCUT2D eigenvalue weighted by atomic mass is 16.5. The van der Waals surface area contributed by atoms with Gasteiger partial charge in [-0.1, -0.05) is 18.2 Å². The molecular formula is C20H21N3O2. The number of methoxy groups -OCH3 is 2. The van der Waals surface area contributed by atoms with Crippen LogP contribution in [-0.2, 0) is 0 Å². The Kier molecular flexibility index (Phi) is 3.64. The van der Waals surface area contributed by atoms with E-state index in [1.165, 1.54) is 11.1 Å². The van der Waals surface area contributed by atoms with Gasteiger partial charge in [-0.25, -0.2) is 4.68 Å². The summed E-state index contributed by atoms with van der Waals surface area (Å²) in [6.07, 6.45) is -0.164. The molecule has 2 heterocycles. The normalized spacial score (nSPS) is 15.1. The van der Waals surface area contributed by atoms with Crippen LogP contribution < -0.4 is 14.8 Å². The molecule has 1 aliphatic heterocycles. The van der Waals surface area contributed by atoms with E-state index in [2.05, 4.69) is 36.5 Å². The van der Waals surface area contributed by atoms with Crippen LogP contribution in [0.5, 0.6) is 11.5 Å². The molecule has 0 unspecified atom stereocenters. The molecule has 0 bridgehead atoms. The molecule has 0 saturated carbocycles. The second kappa shape index (κ2) is 5.84. The van der Waals surface area contributed by atoms with Gasteiger partial charge >= 0.3 is 0 Å². The third-order valence-electron chi connectivity index (χ3n) is 4.66. The van der Waals surface area contributed by atoms with E-state index in [1.807, 2.05) is 29.8 Å². The zero-order valence-electron chi connectivity index (χ0n) is 14.8. The van der Waals surface area contributed by atoms with Crippen molar-refractivity contribution < 1.29 is 9.47 Å². The summed E-state index contributed by atoms with van der Waals surface area (Å²) in [5.41, 5.74) is 6.57. The Bertz CT molecular complexity index is 946. The van der Waals surface area contributed by atoms with E-state index in [9.17, 15) is 0 Å². The number of para-hydroxylation sites is 1. The Morgan fingerprint density at radius 2 is 1.88 bits per heavy atom. The molecule has 0 aliphatic carbocycles. The van der Waals surface area contributed by atoms with E-state index in [-0.39, 0.29) is 6.17 Å². The number of nitrogens with one attached hydrogen (secondary N) is 1. The molecule has 5 nitrogen and oxygen atoms in total. The molecule has 0 saturated heterocycles. The molecule has 1 aromatic heterocycles. The highest BCUT2D eigenvalue weighted by molar-refractivity contribution is 5.81. The summed E-state index contributed by atoms with van der Waals surface area (Å²) >= 11 is 0.